The summed E-state index contributed by atoms with van der Waals surface area (Å²) in [6.45, 7) is -0.114. The van der Waals surface area contributed by atoms with Crippen molar-refractivity contribution in [2.75, 3.05) is 0 Å². The Balaban J connectivity index is 2.46. The van der Waals surface area contributed by atoms with Crippen molar-refractivity contribution in [3.63, 3.8) is 0 Å². The Morgan fingerprint density at radius 2 is 2.07 bits per heavy atom. The van der Waals surface area contributed by atoms with Crippen LogP contribution < -0.4 is 0 Å². The van der Waals surface area contributed by atoms with Crippen LogP contribution in [0.5, 0.6) is 0 Å². The zero-order valence-corrected chi connectivity index (χ0v) is 8.59. The zero-order chi connectivity index (χ0) is 10.2. The molecule has 76 valence electrons. The number of halogens is 1. The first-order valence-corrected chi connectivity index (χ1v) is 5.16. The second kappa shape index (κ2) is 3.54. The average molecular weight is 213 g/mol. The molecule has 0 radical (unpaired) electrons. The fraction of sp³-hybridized carbons (Fsp3) is 0.455. The average Bonchev–Trinajstić information content (AvgIpc) is 2.14. The molecule has 0 unspecified atom stereocenters. The highest BCUT2D eigenvalue weighted by Gasteiger charge is 2.38. The molecule has 0 aliphatic heterocycles. The number of aliphatic hydroxyl groups excluding tert-OH is 1. The Hall–Kier alpha value is -0.570. The van der Waals surface area contributed by atoms with Crippen molar-refractivity contribution in [1.82, 2.24) is 0 Å². The first-order chi connectivity index (χ1) is 6.67. The first kappa shape index (κ1) is 9.97. The molecule has 0 atom stereocenters. The first-order valence-electron chi connectivity index (χ1n) is 4.78. The van der Waals surface area contributed by atoms with Crippen LogP contribution in [0.3, 0.4) is 0 Å². The summed E-state index contributed by atoms with van der Waals surface area (Å²) in [6.07, 6.45) is 2.56. The van der Waals surface area contributed by atoms with Gasteiger partial charge in [-0.15, -0.1) is 0 Å². The van der Waals surface area contributed by atoms with Crippen molar-refractivity contribution in [2.45, 2.75) is 31.5 Å². The number of rotatable bonds is 2. The molecule has 1 aromatic rings. The van der Waals surface area contributed by atoms with Gasteiger partial charge in [-0.05, 0) is 30.9 Å². The van der Waals surface area contributed by atoms with Gasteiger partial charge in [0.05, 0.1) is 12.2 Å². The van der Waals surface area contributed by atoms with Crippen LogP contribution in [0.1, 0.15) is 30.4 Å². The lowest BCUT2D eigenvalue weighted by Gasteiger charge is -2.38. The van der Waals surface area contributed by atoms with E-state index >= 15 is 0 Å². The largest absolute Gasteiger partial charge is 0.392 e. The third-order valence-corrected chi connectivity index (χ3v) is 3.31. The minimum atomic E-state index is -0.747. The predicted octanol–water partition coefficient (Wildman–Crippen LogP) is 2.20. The van der Waals surface area contributed by atoms with Crippen LogP contribution in [-0.4, -0.2) is 10.2 Å². The molecule has 3 heteroatoms. The Morgan fingerprint density at radius 3 is 2.57 bits per heavy atom. The Morgan fingerprint density at radius 1 is 1.36 bits per heavy atom. The minimum absolute atomic E-state index is 0.114. The van der Waals surface area contributed by atoms with Gasteiger partial charge in [0.25, 0.3) is 0 Å². The van der Waals surface area contributed by atoms with Crippen molar-refractivity contribution in [3.8, 4) is 0 Å². The summed E-state index contributed by atoms with van der Waals surface area (Å²) in [7, 11) is 0. The van der Waals surface area contributed by atoms with E-state index in [0.717, 1.165) is 24.8 Å². The van der Waals surface area contributed by atoms with Crippen molar-refractivity contribution < 1.29 is 10.2 Å². The van der Waals surface area contributed by atoms with Crippen molar-refractivity contribution in [3.05, 3.63) is 34.3 Å². The summed E-state index contributed by atoms with van der Waals surface area (Å²) in [5.74, 6) is 0. The van der Waals surface area contributed by atoms with E-state index in [1.165, 1.54) is 0 Å². The third-order valence-electron chi connectivity index (χ3n) is 2.96. The zero-order valence-electron chi connectivity index (χ0n) is 7.83. The minimum Gasteiger partial charge on any atom is -0.392 e. The predicted molar refractivity (Wildman–Crippen MR) is 55.1 cm³/mol. The number of hydrogen-bond donors (Lipinski definition) is 2. The second-order valence-corrected chi connectivity index (χ2v) is 4.22. The molecule has 0 amide bonds. The standard InChI is InChI=1S/C11H13ClO2/c12-10-4-1-3-9(8(10)7-13)11(14)5-2-6-11/h1,3-4,13-14H,2,5-7H2. The maximum absolute atomic E-state index is 10.1. The molecule has 1 aliphatic carbocycles. The molecule has 0 heterocycles. The van der Waals surface area contributed by atoms with Gasteiger partial charge in [0.15, 0.2) is 0 Å². The lowest BCUT2D eigenvalue weighted by atomic mass is 9.73. The van der Waals surface area contributed by atoms with Crippen LogP contribution >= 0.6 is 11.6 Å². The van der Waals surface area contributed by atoms with Crippen LogP contribution in [0, 0.1) is 0 Å². The molecule has 0 spiro atoms. The molecule has 1 aliphatic rings. The van der Waals surface area contributed by atoms with Crippen LogP contribution in [0.4, 0.5) is 0 Å². The lowest BCUT2D eigenvalue weighted by molar-refractivity contribution is -0.0402. The smallest absolute Gasteiger partial charge is 0.0900 e. The van der Waals surface area contributed by atoms with Gasteiger partial charge < -0.3 is 10.2 Å². The summed E-state index contributed by atoms with van der Waals surface area (Å²) in [6, 6.07) is 5.39. The maximum atomic E-state index is 10.1. The molecule has 1 aromatic carbocycles. The van der Waals surface area contributed by atoms with E-state index in [9.17, 15) is 10.2 Å². The quantitative estimate of drug-likeness (QED) is 0.789. The van der Waals surface area contributed by atoms with Gasteiger partial charge in [-0.1, -0.05) is 23.7 Å². The van der Waals surface area contributed by atoms with E-state index in [-0.39, 0.29) is 6.61 Å². The maximum Gasteiger partial charge on any atom is 0.0900 e. The molecule has 14 heavy (non-hydrogen) atoms. The molecule has 1 saturated carbocycles. The van der Waals surface area contributed by atoms with Gasteiger partial charge in [-0.3, -0.25) is 0 Å². The van der Waals surface area contributed by atoms with Crippen molar-refractivity contribution in [2.24, 2.45) is 0 Å². The van der Waals surface area contributed by atoms with Gasteiger partial charge in [0.2, 0.25) is 0 Å². The number of benzene rings is 1. The van der Waals surface area contributed by atoms with E-state index in [0.29, 0.717) is 10.6 Å². The lowest BCUT2D eigenvalue weighted by Crippen LogP contribution is -2.34. The molecule has 2 nitrogen and oxygen atoms in total. The Kier molecular flexibility index (Phi) is 2.52. The molecule has 0 aromatic heterocycles. The fourth-order valence-corrected chi connectivity index (χ4v) is 2.17. The van der Waals surface area contributed by atoms with Crippen molar-refractivity contribution in [1.29, 1.82) is 0 Å². The SMILES string of the molecule is OCc1c(Cl)cccc1C1(O)CCC1. The third kappa shape index (κ3) is 1.44. The monoisotopic (exact) mass is 212 g/mol. The topological polar surface area (TPSA) is 40.5 Å². The summed E-state index contributed by atoms with van der Waals surface area (Å²) >= 11 is 5.95. The van der Waals surface area contributed by atoms with Crippen LogP contribution in [0.15, 0.2) is 18.2 Å². The normalized spacial score (nSPS) is 19.1. The molecule has 0 saturated heterocycles. The van der Waals surface area contributed by atoms with Crippen molar-refractivity contribution >= 4 is 11.6 Å². The molecular formula is C11H13ClO2. The van der Waals surface area contributed by atoms with Crippen LogP contribution in [-0.2, 0) is 12.2 Å². The van der Waals surface area contributed by atoms with E-state index in [1.54, 1.807) is 6.07 Å². The van der Waals surface area contributed by atoms with Gasteiger partial charge in [0, 0.05) is 10.6 Å². The highest BCUT2D eigenvalue weighted by atomic mass is 35.5. The number of aliphatic hydroxyl groups is 2. The van der Waals surface area contributed by atoms with Gasteiger partial charge in [-0.2, -0.15) is 0 Å². The highest BCUT2D eigenvalue weighted by molar-refractivity contribution is 6.31. The van der Waals surface area contributed by atoms with E-state index in [1.807, 2.05) is 12.1 Å². The van der Waals surface area contributed by atoms with Crippen LogP contribution in [0.25, 0.3) is 0 Å². The Labute approximate surface area is 88.1 Å². The molecule has 2 rings (SSSR count). The second-order valence-electron chi connectivity index (χ2n) is 3.81. The molecule has 0 bridgehead atoms. The fourth-order valence-electron chi connectivity index (χ4n) is 1.94. The summed E-state index contributed by atoms with van der Waals surface area (Å²) in [5, 5.41) is 19.9. The molecular weight excluding hydrogens is 200 g/mol. The molecule has 1 fully saturated rings. The van der Waals surface area contributed by atoms with E-state index in [2.05, 4.69) is 0 Å². The molecule has 2 N–H and O–H groups in total. The van der Waals surface area contributed by atoms with Gasteiger partial charge >= 0.3 is 0 Å². The summed E-state index contributed by atoms with van der Waals surface area (Å²) in [4.78, 5) is 0. The summed E-state index contributed by atoms with van der Waals surface area (Å²) in [5.41, 5.74) is 0.707. The van der Waals surface area contributed by atoms with Gasteiger partial charge in [0.1, 0.15) is 0 Å². The summed E-state index contributed by atoms with van der Waals surface area (Å²) < 4.78 is 0. The van der Waals surface area contributed by atoms with E-state index < -0.39 is 5.60 Å². The highest BCUT2D eigenvalue weighted by Crippen LogP contribution is 2.43. The van der Waals surface area contributed by atoms with Crippen LogP contribution in [0.2, 0.25) is 5.02 Å². The number of hydrogen-bond acceptors (Lipinski definition) is 2. The Bertz CT molecular complexity index is 345. The van der Waals surface area contributed by atoms with Gasteiger partial charge in [-0.25, -0.2) is 0 Å². The van der Waals surface area contributed by atoms with E-state index in [4.69, 9.17) is 11.6 Å².